The van der Waals surface area contributed by atoms with Gasteiger partial charge in [-0.05, 0) is 33.6 Å². The highest BCUT2D eigenvalue weighted by Gasteiger charge is 2.13. The zero-order valence-electron chi connectivity index (χ0n) is 13.1. The van der Waals surface area contributed by atoms with E-state index in [1.807, 2.05) is 34.6 Å². The highest BCUT2D eigenvalue weighted by atomic mass is 127. The van der Waals surface area contributed by atoms with Crippen molar-refractivity contribution in [2.45, 2.75) is 40.2 Å². The van der Waals surface area contributed by atoms with Crippen LogP contribution in [0.2, 0.25) is 0 Å². The van der Waals surface area contributed by atoms with Gasteiger partial charge in [-0.2, -0.15) is 0 Å². The third-order valence-electron chi connectivity index (χ3n) is 2.17. The van der Waals surface area contributed by atoms with Crippen molar-refractivity contribution in [1.82, 2.24) is 16.0 Å². The van der Waals surface area contributed by atoms with Crippen LogP contribution in [0.4, 0.5) is 0 Å². The first kappa shape index (κ1) is 21.7. The van der Waals surface area contributed by atoms with Crippen LogP contribution in [0.25, 0.3) is 0 Å². The molecule has 1 atom stereocenters. The molecule has 0 bridgehead atoms. The Kier molecular flexibility index (Phi) is 12.1. The largest absolute Gasteiger partial charge is 0.396 e. The number of aliphatic hydroxyl groups excluding tert-OH is 1. The number of amides is 1. The topological polar surface area (TPSA) is 85.8 Å². The zero-order valence-corrected chi connectivity index (χ0v) is 15.4. The monoisotopic (exact) mass is 400 g/mol. The number of aliphatic imine (C=N–C) groups is 1. The molecule has 7 heteroatoms. The molecule has 1 amide bonds. The van der Waals surface area contributed by atoms with E-state index >= 15 is 0 Å². The van der Waals surface area contributed by atoms with Crippen molar-refractivity contribution in [2.75, 3.05) is 26.2 Å². The molecule has 4 N–H and O–H groups in total. The minimum atomic E-state index is -0.246. The van der Waals surface area contributed by atoms with E-state index in [2.05, 4.69) is 20.9 Å². The molecule has 6 nitrogen and oxygen atoms in total. The second-order valence-electron chi connectivity index (χ2n) is 5.66. The highest BCUT2D eigenvalue weighted by Crippen LogP contribution is 1.97. The lowest BCUT2D eigenvalue weighted by Crippen LogP contribution is -2.43. The van der Waals surface area contributed by atoms with Gasteiger partial charge in [0.2, 0.25) is 5.91 Å². The number of aliphatic hydroxyl groups is 1. The second kappa shape index (κ2) is 11.1. The molecule has 1 unspecified atom stereocenters. The molecule has 0 aromatic carbocycles. The minimum Gasteiger partial charge on any atom is -0.396 e. The molecule has 20 heavy (non-hydrogen) atoms. The van der Waals surface area contributed by atoms with Crippen molar-refractivity contribution in [3.63, 3.8) is 0 Å². The fourth-order valence-corrected chi connectivity index (χ4v) is 1.29. The molecule has 0 radical (unpaired) electrons. The summed E-state index contributed by atoms with van der Waals surface area (Å²) in [5.74, 6) is 0.624. The smallest absolute Gasteiger partial charge is 0.242 e. The predicted molar refractivity (Wildman–Crippen MR) is 93.5 cm³/mol. The van der Waals surface area contributed by atoms with Gasteiger partial charge in [0.25, 0.3) is 0 Å². The Balaban J connectivity index is 0. The van der Waals surface area contributed by atoms with E-state index in [0.29, 0.717) is 12.5 Å². The first-order chi connectivity index (χ1) is 8.78. The maximum Gasteiger partial charge on any atom is 0.242 e. The first-order valence-corrected chi connectivity index (χ1v) is 6.72. The van der Waals surface area contributed by atoms with Crippen LogP contribution < -0.4 is 16.0 Å². The second-order valence-corrected chi connectivity index (χ2v) is 5.66. The van der Waals surface area contributed by atoms with Crippen molar-refractivity contribution in [2.24, 2.45) is 10.9 Å². The Labute approximate surface area is 139 Å². The number of hydrogen-bond acceptors (Lipinski definition) is 3. The maximum atomic E-state index is 11.6. The van der Waals surface area contributed by atoms with Crippen LogP contribution >= 0.6 is 24.0 Å². The molecule has 0 aromatic heterocycles. The number of halogens is 1. The van der Waals surface area contributed by atoms with Crippen molar-refractivity contribution >= 4 is 35.8 Å². The molecule has 0 saturated carbocycles. The molecule has 0 fully saturated rings. The molecule has 0 saturated heterocycles. The van der Waals surface area contributed by atoms with E-state index in [0.717, 1.165) is 6.54 Å². The van der Waals surface area contributed by atoms with Crippen LogP contribution in [-0.4, -0.2) is 48.8 Å². The average Bonchev–Trinajstić information content (AvgIpc) is 2.30. The van der Waals surface area contributed by atoms with Gasteiger partial charge in [0.15, 0.2) is 5.96 Å². The summed E-state index contributed by atoms with van der Waals surface area (Å²) in [6, 6.07) is 0. The molecule has 0 rings (SSSR count). The van der Waals surface area contributed by atoms with Crippen LogP contribution in [0.3, 0.4) is 0 Å². The Morgan fingerprint density at radius 1 is 1.30 bits per heavy atom. The minimum absolute atomic E-state index is 0. The Morgan fingerprint density at radius 3 is 2.35 bits per heavy atom. The van der Waals surface area contributed by atoms with Gasteiger partial charge in [0, 0.05) is 25.2 Å². The van der Waals surface area contributed by atoms with E-state index in [1.165, 1.54) is 0 Å². The van der Waals surface area contributed by atoms with Crippen molar-refractivity contribution < 1.29 is 9.90 Å². The summed E-state index contributed by atoms with van der Waals surface area (Å²) in [5.41, 5.74) is -0.246. The van der Waals surface area contributed by atoms with E-state index in [4.69, 9.17) is 5.11 Å². The molecule has 0 heterocycles. The standard InChI is InChI=1S/C13H28N4O2.HI/c1-6-14-12(15-7-10(2)9-18)16-8-11(19)17-13(3,4)5;/h10,18H,6-9H2,1-5H3,(H,17,19)(H2,14,15,16);1H. The van der Waals surface area contributed by atoms with Crippen molar-refractivity contribution in [3.05, 3.63) is 0 Å². The van der Waals surface area contributed by atoms with E-state index < -0.39 is 0 Å². The lowest BCUT2D eigenvalue weighted by molar-refractivity contribution is -0.121. The Bertz CT molecular complexity index is 303. The molecule has 0 aliphatic heterocycles. The SMILES string of the molecule is CCNC(=NCC(=O)NC(C)(C)C)NCC(C)CO.I. The van der Waals surface area contributed by atoms with E-state index in [9.17, 15) is 4.79 Å². The van der Waals surface area contributed by atoms with Crippen molar-refractivity contribution in [1.29, 1.82) is 0 Å². The summed E-state index contributed by atoms with van der Waals surface area (Å²) in [6.45, 7) is 11.2. The number of rotatable bonds is 6. The lowest BCUT2D eigenvalue weighted by atomic mass is 10.1. The normalized spacial score (nSPS) is 13.2. The third kappa shape index (κ3) is 12.5. The lowest BCUT2D eigenvalue weighted by Gasteiger charge is -2.20. The third-order valence-corrected chi connectivity index (χ3v) is 2.17. The van der Waals surface area contributed by atoms with Gasteiger partial charge in [-0.15, -0.1) is 24.0 Å². The average molecular weight is 400 g/mol. The van der Waals surface area contributed by atoms with E-state index in [-0.39, 0.29) is 54.5 Å². The van der Waals surface area contributed by atoms with Gasteiger partial charge in [0.05, 0.1) is 0 Å². The summed E-state index contributed by atoms with van der Waals surface area (Å²) in [5, 5.41) is 18.0. The quantitative estimate of drug-likeness (QED) is 0.301. The van der Waals surface area contributed by atoms with Crippen LogP contribution in [0.15, 0.2) is 4.99 Å². The zero-order chi connectivity index (χ0) is 14.9. The molecule has 0 aromatic rings. The summed E-state index contributed by atoms with van der Waals surface area (Å²) in [6.07, 6.45) is 0. The van der Waals surface area contributed by atoms with Crippen molar-refractivity contribution in [3.8, 4) is 0 Å². The molecule has 0 aliphatic rings. The molecular formula is C13H29IN4O2. The summed E-state index contributed by atoms with van der Waals surface area (Å²) < 4.78 is 0. The van der Waals surface area contributed by atoms with Gasteiger partial charge in [-0.3, -0.25) is 4.79 Å². The first-order valence-electron chi connectivity index (χ1n) is 6.72. The van der Waals surface area contributed by atoms with Crippen LogP contribution in [0.5, 0.6) is 0 Å². The van der Waals surface area contributed by atoms with Crippen LogP contribution in [0, 0.1) is 5.92 Å². The maximum absolute atomic E-state index is 11.6. The number of carbonyl (C=O) groups is 1. The van der Waals surface area contributed by atoms with E-state index in [1.54, 1.807) is 0 Å². The fourth-order valence-electron chi connectivity index (χ4n) is 1.29. The summed E-state index contributed by atoms with van der Waals surface area (Å²) in [4.78, 5) is 15.9. The Hall–Kier alpha value is -0.570. The molecular weight excluding hydrogens is 371 g/mol. The molecule has 0 aliphatic carbocycles. The summed E-state index contributed by atoms with van der Waals surface area (Å²) >= 11 is 0. The number of hydrogen-bond donors (Lipinski definition) is 4. The predicted octanol–water partition coefficient (Wildman–Crippen LogP) is 0.703. The van der Waals surface area contributed by atoms with Crippen LogP contribution in [-0.2, 0) is 4.79 Å². The van der Waals surface area contributed by atoms with Crippen LogP contribution in [0.1, 0.15) is 34.6 Å². The molecule has 120 valence electrons. The van der Waals surface area contributed by atoms with Gasteiger partial charge in [-0.1, -0.05) is 6.92 Å². The number of guanidine groups is 1. The number of carbonyl (C=O) groups excluding carboxylic acids is 1. The van der Waals surface area contributed by atoms with Gasteiger partial charge in [0.1, 0.15) is 6.54 Å². The number of nitrogens with one attached hydrogen (secondary N) is 3. The Morgan fingerprint density at radius 2 is 1.90 bits per heavy atom. The molecule has 0 spiro atoms. The fraction of sp³-hybridized carbons (Fsp3) is 0.846. The van der Waals surface area contributed by atoms with Gasteiger partial charge < -0.3 is 21.1 Å². The highest BCUT2D eigenvalue weighted by molar-refractivity contribution is 14.0. The van der Waals surface area contributed by atoms with Gasteiger partial charge in [-0.25, -0.2) is 4.99 Å². The number of nitrogens with zero attached hydrogens (tertiary/aromatic N) is 1. The van der Waals surface area contributed by atoms with Gasteiger partial charge >= 0.3 is 0 Å². The summed E-state index contributed by atoms with van der Waals surface area (Å²) in [7, 11) is 0.